The summed E-state index contributed by atoms with van der Waals surface area (Å²) >= 11 is 0. The fourth-order valence-electron chi connectivity index (χ4n) is 4.79. The summed E-state index contributed by atoms with van der Waals surface area (Å²) in [5.74, 6) is 0.627. The number of benzene rings is 3. The second-order valence-electron chi connectivity index (χ2n) is 9.15. The number of rotatable bonds is 13. The van der Waals surface area contributed by atoms with E-state index in [9.17, 15) is 0 Å². The molecule has 3 aromatic rings. The highest BCUT2D eigenvalue weighted by atomic mass is 31.0. The molecule has 0 spiro atoms. The van der Waals surface area contributed by atoms with Gasteiger partial charge in [0, 0.05) is 0 Å². The van der Waals surface area contributed by atoms with Crippen molar-refractivity contribution in [2.75, 3.05) is 0 Å². The van der Waals surface area contributed by atoms with Gasteiger partial charge in [0.25, 0.3) is 0 Å². The number of hydrogen-bond donors (Lipinski definition) is 0. The van der Waals surface area contributed by atoms with Gasteiger partial charge in [-0.1, -0.05) is 130 Å². The number of unbranched alkanes of at least 4 members (excludes halogenated alkanes) is 4. The Balaban J connectivity index is 1.85. The zero-order valence-corrected chi connectivity index (χ0v) is 20.3. The standard InChI is InChI=1S/C30H39P/c1-2-3-4-5-15-22-29(23-26-16-9-6-10-17-26)30(31,24-27-18-11-7-12-19-27)25-28-20-13-8-14-21-28/h6-14,16-21,29H,2-5,15,22-25,31H2,1H3. The average Bonchev–Trinajstić information content (AvgIpc) is 2.80. The minimum absolute atomic E-state index is 0.142. The van der Waals surface area contributed by atoms with Gasteiger partial charge in [-0.25, -0.2) is 0 Å². The van der Waals surface area contributed by atoms with Crippen LogP contribution in [-0.4, -0.2) is 5.16 Å². The first kappa shape index (κ1) is 23.7. The molecule has 3 rings (SSSR count). The Morgan fingerprint density at radius 3 is 1.55 bits per heavy atom. The second kappa shape index (κ2) is 12.8. The summed E-state index contributed by atoms with van der Waals surface area (Å²) in [6.45, 7) is 2.30. The molecule has 2 atom stereocenters. The third-order valence-electron chi connectivity index (χ3n) is 6.55. The van der Waals surface area contributed by atoms with Gasteiger partial charge in [0.05, 0.1) is 0 Å². The Morgan fingerprint density at radius 2 is 1.06 bits per heavy atom. The van der Waals surface area contributed by atoms with Gasteiger partial charge in [0.2, 0.25) is 0 Å². The predicted molar refractivity (Wildman–Crippen MR) is 140 cm³/mol. The van der Waals surface area contributed by atoms with Crippen molar-refractivity contribution < 1.29 is 0 Å². The van der Waals surface area contributed by atoms with E-state index >= 15 is 0 Å². The molecule has 0 heterocycles. The van der Waals surface area contributed by atoms with Crippen molar-refractivity contribution in [2.45, 2.75) is 69.9 Å². The summed E-state index contributed by atoms with van der Waals surface area (Å²) in [4.78, 5) is 0. The van der Waals surface area contributed by atoms with Crippen LogP contribution in [0.3, 0.4) is 0 Å². The summed E-state index contributed by atoms with van der Waals surface area (Å²) < 4.78 is 0. The van der Waals surface area contributed by atoms with Crippen molar-refractivity contribution in [1.82, 2.24) is 0 Å². The summed E-state index contributed by atoms with van der Waals surface area (Å²) in [6, 6.07) is 33.3. The Labute approximate surface area is 192 Å². The lowest BCUT2D eigenvalue weighted by Crippen LogP contribution is -2.38. The van der Waals surface area contributed by atoms with Crippen molar-refractivity contribution in [2.24, 2.45) is 5.92 Å². The normalized spacial score (nSPS) is 12.6. The second-order valence-corrected chi connectivity index (χ2v) is 10.3. The largest absolute Gasteiger partial charge is 0.130 e. The van der Waals surface area contributed by atoms with Gasteiger partial charge in [-0.05, 0) is 53.4 Å². The topological polar surface area (TPSA) is 0 Å². The van der Waals surface area contributed by atoms with Gasteiger partial charge in [-0.3, -0.25) is 0 Å². The lowest BCUT2D eigenvalue weighted by atomic mass is 9.75. The number of hydrogen-bond acceptors (Lipinski definition) is 0. The molecule has 0 aliphatic heterocycles. The Bertz CT molecular complexity index is 800. The summed E-state index contributed by atoms with van der Waals surface area (Å²) in [5, 5.41) is 0.142. The lowest BCUT2D eigenvalue weighted by molar-refractivity contribution is 0.331. The summed E-state index contributed by atoms with van der Waals surface area (Å²) in [6.07, 6.45) is 11.4. The van der Waals surface area contributed by atoms with Gasteiger partial charge in [0.1, 0.15) is 0 Å². The zero-order valence-electron chi connectivity index (χ0n) is 19.2. The molecular formula is C30H39P. The summed E-state index contributed by atoms with van der Waals surface area (Å²) in [5.41, 5.74) is 4.35. The van der Waals surface area contributed by atoms with Gasteiger partial charge < -0.3 is 0 Å². The smallest absolute Gasteiger partial charge is 0.00385 e. The van der Waals surface area contributed by atoms with E-state index in [2.05, 4.69) is 107 Å². The Hall–Kier alpha value is -1.91. The SMILES string of the molecule is CCCCCCCC(Cc1ccccc1)C(P)(Cc1ccccc1)Cc1ccccc1. The molecule has 0 aliphatic carbocycles. The highest BCUT2D eigenvalue weighted by Gasteiger charge is 2.34. The molecule has 1 heteroatoms. The average molecular weight is 431 g/mol. The molecule has 0 N–H and O–H groups in total. The molecule has 0 fully saturated rings. The lowest BCUT2D eigenvalue weighted by Gasteiger charge is -2.39. The van der Waals surface area contributed by atoms with Crippen LogP contribution in [0.25, 0.3) is 0 Å². The van der Waals surface area contributed by atoms with Crippen LogP contribution in [0.15, 0.2) is 91.0 Å². The summed E-state index contributed by atoms with van der Waals surface area (Å²) in [7, 11) is 3.36. The molecule has 0 saturated heterocycles. The zero-order chi connectivity index (χ0) is 21.8. The molecule has 0 aliphatic rings. The van der Waals surface area contributed by atoms with Crippen LogP contribution in [0.1, 0.15) is 62.1 Å². The first-order chi connectivity index (χ1) is 15.2. The fourth-order valence-corrected chi connectivity index (χ4v) is 5.54. The predicted octanol–water partition coefficient (Wildman–Crippen LogP) is 8.31. The highest BCUT2D eigenvalue weighted by Crippen LogP contribution is 2.40. The van der Waals surface area contributed by atoms with E-state index < -0.39 is 0 Å². The molecule has 0 nitrogen and oxygen atoms in total. The van der Waals surface area contributed by atoms with Crippen LogP contribution in [0, 0.1) is 5.92 Å². The van der Waals surface area contributed by atoms with Crippen LogP contribution in [-0.2, 0) is 19.3 Å². The van der Waals surface area contributed by atoms with E-state index in [-0.39, 0.29) is 5.16 Å². The molecular weight excluding hydrogens is 391 g/mol. The van der Waals surface area contributed by atoms with Gasteiger partial charge in [-0.2, -0.15) is 0 Å². The maximum Gasteiger partial charge on any atom is -0.00385 e. The molecule has 0 bridgehead atoms. The van der Waals surface area contributed by atoms with E-state index in [1.165, 1.54) is 55.2 Å². The third kappa shape index (κ3) is 7.93. The Morgan fingerprint density at radius 1 is 0.613 bits per heavy atom. The van der Waals surface area contributed by atoms with Crippen molar-refractivity contribution >= 4 is 9.24 Å². The molecule has 3 aromatic carbocycles. The van der Waals surface area contributed by atoms with E-state index in [1.807, 2.05) is 0 Å². The van der Waals surface area contributed by atoms with Crippen LogP contribution >= 0.6 is 9.24 Å². The van der Waals surface area contributed by atoms with Gasteiger partial charge in [0.15, 0.2) is 0 Å². The van der Waals surface area contributed by atoms with Crippen molar-refractivity contribution in [1.29, 1.82) is 0 Å². The molecule has 164 valence electrons. The van der Waals surface area contributed by atoms with E-state index in [0.29, 0.717) is 5.92 Å². The van der Waals surface area contributed by atoms with Crippen molar-refractivity contribution in [3.8, 4) is 0 Å². The van der Waals surface area contributed by atoms with Gasteiger partial charge in [-0.15, -0.1) is 9.24 Å². The van der Waals surface area contributed by atoms with Crippen molar-refractivity contribution in [3.63, 3.8) is 0 Å². The molecule has 0 saturated carbocycles. The molecule has 0 radical (unpaired) electrons. The molecule has 31 heavy (non-hydrogen) atoms. The van der Waals surface area contributed by atoms with E-state index in [0.717, 1.165) is 19.3 Å². The van der Waals surface area contributed by atoms with Crippen LogP contribution in [0.5, 0.6) is 0 Å². The Kier molecular flexibility index (Phi) is 9.83. The van der Waals surface area contributed by atoms with Crippen molar-refractivity contribution in [3.05, 3.63) is 108 Å². The minimum Gasteiger partial charge on any atom is -0.130 e. The van der Waals surface area contributed by atoms with Crippen LogP contribution in [0.4, 0.5) is 0 Å². The maximum absolute atomic E-state index is 3.36. The minimum atomic E-state index is 0.142. The maximum atomic E-state index is 3.36. The molecule has 0 aromatic heterocycles. The molecule has 2 unspecified atom stereocenters. The first-order valence-electron chi connectivity index (χ1n) is 12.1. The van der Waals surface area contributed by atoms with Gasteiger partial charge >= 0.3 is 0 Å². The fraction of sp³-hybridized carbons (Fsp3) is 0.400. The quantitative estimate of drug-likeness (QED) is 0.189. The van der Waals surface area contributed by atoms with Crippen LogP contribution < -0.4 is 0 Å². The van der Waals surface area contributed by atoms with Crippen LogP contribution in [0.2, 0.25) is 0 Å². The highest BCUT2D eigenvalue weighted by molar-refractivity contribution is 7.19. The first-order valence-corrected chi connectivity index (χ1v) is 12.7. The van der Waals surface area contributed by atoms with E-state index in [1.54, 1.807) is 0 Å². The van der Waals surface area contributed by atoms with E-state index in [4.69, 9.17) is 0 Å². The third-order valence-corrected chi connectivity index (χ3v) is 7.43. The molecule has 0 amide bonds. The monoisotopic (exact) mass is 430 g/mol.